The fourth-order valence-corrected chi connectivity index (χ4v) is 2.40. The second-order valence-electron chi connectivity index (χ2n) is 5.39. The number of fused-ring (bicyclic) bond motifs is 1. The zero-order chi connectivity index (χ0) is 15.7. The summed E-state index contributed by atoms with van der Waals surface area (Å²) in [5.74, 6) is 0.379. The van der Waals surface area contributed by atoms with E-state index in [4.69, 9.17) is 4.42 Å². The van der Waals surface area contributed by atoms with Gasteiger partial charge in [-0.3, -0.25) is 9.48 Å². The molecule has 0 fully saturated rings. The van der Waals surface area contributed by atoms with E-state index in [-0.39, 0.29) is 18.5 Å². The van der Waals surface area contributed by atoms with E-state index in [2.05, 4.69) is 15.4 Å². The number of aromatic nitrogens is 3. The van der Waals surface area contributed by atoms with Crippen LogP contribution < -0.4 is 5.32 Å². The molecule has 0 saturated heterocycles. The van der Waals surface area contributed by atoms with Crippen molar-refractivity contribution in [2.75, 3.05) is 0 Å². The number of carbonyl (C=O) groups is 1. The number of hydrogen-bond donors (Lipinski definition) is 1. The van der Waals surface area contributed by atoms with Crippen molar-refractivity contribution in [1.29, 1.82) is 0 Å². The third-order valence-corrected chi connectivity index (χ3v) is 3.46. The van der Waals surface area contributed by atoms with Crippen LogP contribution in [0.3, 0.4) is 0 Å². The Labute approximate surface area is 128 Å². The lowest BCUT2D eigenvalue weighted by Gasteiger charge is -2.11. The molecule has 22 heavy (non-hydrogen) atoms. The van der Waals surface area contributed by atoms with Crippen molar-refractivity contribution in [3.8, 4) is 0 Å². The van der Waals surface area contributed by atoms with E-state index in [9.17, 15) is 4.79 Å². The van der Waals surface area contributed by atoms with Crippen LogP contribution in [0.2, 0.25) is 0 Å². The standard InChI is InChI=1S/C16H18N4O2/c1-10-8-11(2)20(19-10)9-15(21)17-12(3)16-18-13-6-4-5-7-14(13)22-16/h4-8,12H,9H2,1-3H3,(H,17,21). The Morgan fingerprint density at radius 3 is 2.82 bits per heavy atom. The first-order valence-corrected chi connectivity index (χ1v) is 7.19. The topological polar surface area (TPSA) is 73.0 Å². The summed E-state index contributed by atoms with van der Waals surface area (Å²) in [7, 11) is 0. The fraction of sp³-hybridized carbons (Fsp3) is 0.312. The van der Waals surface area contributed by atoms with E-state index in [1.807, 2.05) is 51.1 Å². The van der Waals surface area contributed by atoms with Crippen molar-refractivity contribution in [1.82, 2.24) is 20.1 Å². The molecule has 1 unspecified atom stereocenters. The number of para-hydroxylation sites is 2. The summed E-state index contributed by atoms with van der Waals surface area (Å²) in [6, 6.07) is 9.18. The van der Waals surface area contributed by atoms with Gasteiger partial charge in [0.05, 0.1) is 5.69 Å². The largest absolute Gasteiger partial charge is 0.438 e. The Kier molecular flexibility index (Phi) is 3.66. The Balaban J connectivity index is 1.69. The third kappa shape index (κ3) is 2.86. The van der Waals surface area contributed by atoms with Gasteiger partial charge in [-0.2, -0.15) is 5.10 Å². The van der Waals surface area contributed by atoms with Crippen molar-refractivity contribution >= 4 is 17.0 Å². The molecule has 0 aliphatic heterocycles. The van der Waals surface area contributed by atoms with Gasteiger partial charge in [0.15, 0.2) is 5.58 Å². The molecule has 1 aromatic carbocycles. The SMILES string of the molecule is Cc1cc(C)n(CC(=O)NC(C)c2nc3ccccc3o2)n1. The molecule has 0 aliphatic carbocycles. The smallest absolute Gasteiger partial charge is 0.242 e. The van der Waals surface area contributed by atoms with E-state index in [1.165, 1.54) is 0 Å². The number of hydrogen-bond acceptors (Lipinski definition) is 4. The van der Waals surface area contributed by atoms with Gasteiger partial charge in [0, 0.05) is 5.69 Å². The van der Waals surface area contributed by atoms with Gasteiger partial charge in [0.1, 0.15) is 18.1 Å². The average molecular weight is 298 g/mol. The summed E-state index contributed by atoms with van der Waals surface area (Å²) >= 11 is 0. The zero-order valence-electron chi connectivity index (χ0n) is 12.8. The zero-order valence-corrected chi connectivity index (χ0v) is 12.8. The van der Waals surface area contributed by atoms with Crippen LogP contribution in [0.4, 0.5) is 0 Å². The monoisotopic (exact) mass is 298 g/mol. The molecule has 6 heteroatoms. The summed E-state index contributed by atoms with van der Waals surface area (Å²) < 4.78 is 7.34. The number of oxazole rings is 1. The first-order valence-electron chi connectivity index (χ1n) is 7.19. The van der Waals surface area contributed by atoms with Gasteiger partial charge < -0.3 is 9.73 Å². The van der Waals surface area contributed by atoms with Crippen molar-refractivity contribution in [3.63, 3.8) is 0 Å². The third-order valence-electron chi connectivity index (χ3n) is 3.46. The van der Waals surface area contributed by atoms with Crippen molar-refractivity contribution in [3.05, 3.63) is 47.6 Å². The first-order chi connectivity index (χ1) is 10.5. The van der Waals surface area contributed by atoms with E-state index in [0.29, 0.717) is 5.89 Å². The van der Waals surface area contributed by atoms with Crippen LogP contribution in [-0.2, 0) is 11.3 Å². The maximum Gasteiger partial charge on any atom is 0.242 e. The molecule has 6 nitrogen and oxygen atoms in total. The first kappa shape index (κ1) is 14.3. The molecule has 0 spiro atoms. The normalized spacial score (nSPS) is 12.5. The summed E-state index contributed by atoms with van der Waals surface area (Å²) in [6.07, 6.45) is 0. The second kappa shape index (κ2) is 5.63. The molecular weight excluding hydrogens is 280 g/mol. The Morgan fingerprint density at radius 1 is 1.36 bits per heavy atom. The van der Waals surface area contributed by atoms with E-state index in [0.717, 1.165) is 22.5 Å². The number of nitrogens with one attached hydrogen (secondary N) is 1. The molecule has 0 aliphatic rings. The Morgan fingerprint density at radius 2 is 2.14 bits per heavy atom. The molecule has 2 heterocycles. The molecule has 3 aromatic rings. The minimum Gasteiger partial charge on any atom is -0.438 e. The Hall–Kier alpha value is -2.63. The number of rotatable bonds is 4. The molecule has 3 rings (SSSR count). The van der Waals surface area contributed by atoms with Crippen molar-refractivity contribution < 1.29 is 9.21 Å². The van der Waals surface area contributed by atoms with Crippen LogP contribution in [0.25, 0.3) is 11.1 Å². The quantitative estimate of drug-likeness (QED) is 0.803. The van der Waals surface area contributed by atoms with Crippen LogP contribution in [0.5, 0.6) is 0 Å². The van der Waals surface area contributed by atoms with E-state index >= 15 is 0 Å². The van der Waals surface area contributed by atoms with Crippen LogP contribution in [-0.4, -0.2) is 20.7 Å². The second-order valence-corrected chi connectivity index (χ2v) is 5.39. The lowest BCUT2D eigenvalue weighted by atomic mass is 10.3. The summed E-state index contributed by atoms with van der Waals surface area (Å²) in [5, 5.41) is 7.17. The van der Waals surface area contributed by atoms with E-state index in [1.54, 1.807) is 4.68 Å². The number of benzene rings is 1. The van der Waals surface area contributed by atoms with Crippen LogP contribution in [0.1, 0.15) is 30.2 Å². The number of amides is 1. The highest BCUT2D eigenvalue weighted by Crippen LogP contribution is 2.19. The summed E-state index contributed by atoms with van der Waals surface area (Å²) in [5.41, 5.74) is 3.37. The number of aryl methyl sites for hydroxylation is 2. The molecule has 0 bridgehead atoms. The van der Waals surface area contributed by atoms with Gasteiger partial charge in [0.2, 0.25) is 11.8 Å². The Bertz CT molecular complexity index is 786. The molecule has 1 amide bonds. The predicted octanol–water partition coefficient (Wildman–Crippen LogP) is 2.52. The molecular formula is C16H18N4O2. The highest BCUT2D eigenvalue weighted by molar-refractivity contribution is 5.76. The minimum absolute atomic E-state index is 0.124. The van der Waals surface area contributed by atoms with Crippen molar-refractivity contribution in [2.24, 2.45) is 0 Å². The molecule has 114 valence electrons. The molecule has 1 atom stereocenters. The van der Waals surface area contributed by atoms with Gasteiger partial charge in [-0.1, -0.05) is 12.1 Å². The predicted molar refractivity (Wildman–Crippen MR) is 82.3 cm³/mol. The molecule has 2 aromatic heterocycles. The fourth-order valence-electron chi connectivity index (χ4n) is 2.40. The van der Waals surface area contributed by atoms with Gasteiger partial charge in [-0.05, 0) is 39.0 Å². The molecule has 0 saturated carbocycles. The lowest BCUT2D eigenvalue weighted by molar-refractivity contribution is -0.122. The highest BCUT2D eigenvalue weighted by Gasteiger charge is 2.16. The van der Waals surface area contributed by atoms with Gasteiger partial charge in [-0.15, -0.1) is 0 Å². The summed E-state index contributed by atoms with van der Waals surface area (Å²) in [6.45, 7) is 5.87. The van der Waals surface area contributed by atoms with Gasteiger partial charge in [-0.25, -0.2) is 4.98 Å². The lowest BCUT2D eigenvalue weighted by Crippen LogP contribution is -2.30. The number of nitrogens with zero attached hydrogens (tertiary/aromatic N) is 3. The molecule has 0 radical (unpaired) electrons. The average Bonchev–Trinajstić information content (AvgIpc) is 3.02. The van der Waals surface area contributed by atoms with Gasteiger partial charge in [0.25, 0.3) is 0 Å². The maximum atomic E-state index is 12.1. The van der Waals surface area contributed by atoms with Crippen molar-refractivity contribution in [2.45, 2.75) is 33.4 Å². The van der Waals surface area contributed by atoms with Crippen LogP contribution in [0.15, 0.2) is 34.7 Å². The highest BCUT2D eigenvalue weighted by atomic mass is 16.3. The van der Waals surface area contributed by atoms with Crippen LogP contribution in [0, 0.1) is 13.8 Å². The molecule has 1 N–H and O–H groups in total. The van der Waals surface area contributed by atoms with E-state index < -0.39 is 0 Å². The maximum absolute atomic E-state index is 12.1. The number of carbonyl (C=O) groups excluding carboxylic acids is 1. The van der Waals surface area contributed by atoms with Gasteiger partial charge >= 0.3 is 0 Å². The summed E-state index contributed by atoms with van der Waals surface area (Å²) in [4.78, 5) is 16.5. The van der Waals surface area contributed by atoms with Crippen LogP contribution >= 0.6 is 0 Å². The minimum atomic E-state index is -0.295.